The predicted octanol–water partition coefficient (Wildman–Crippen LogP) is -0.156. The van der Waals surface area contributed by atoms with Crippen molar-refractivity contribution in [2.24, 2.45) is 0 Å². The lowest BCUT2D eigenvalue weighted by atomic mass is 10.1. The molecule has 0 spiro atoms. The first-order chi connectivity index (χ1) is 12.9. The molecule has 0 aliphatic carbocycles. The van der Waals surface area contributed by atoms with Crippen molar-refractivity contribution in [2.45, 2.75) is 31.5 Å². The van der Waals surface area contributed by atoms with Crippen molar-refractivity contribution in [1.82, 2.24) is 19.5 Å². The van der Waals surface area contributed by atoms with Crippen LogP contribution in [0.25, 0.3) is 11.2 Å². The van der Waals surface area contributed by atoms with E-state index in [0.29, 0.717) is 11.2 Å². The van der Waals surface area contributed by atoms with Crippen molar-refractivity contribution in [2.75, 3.05) is 19.1 Å². The van der Waals surface area contributed by atoms with Crippen LogP contribution in [0.4, 0.5) is 5.82 Å². The Hall–Kier alpha value is -1.73. The van der Waals surface area contributed by atoms with Crippen LogP contribution in [0.1, 0.15) is 13.2 Å². The fraction of sp³-hybridized carbons (Fsp3) is 0.538. The van der Waals surface area contributed by atoms with Gasteiger partial charge in [-0.1, -0.05) is 0 Å². The zero-order valence-corrected chi connectivity index (χ0v) is 15.7. The highest BCUT2D eigenvalue weighted by Gasteiger charge is 2.52. The maximum atomic E-state index is 10.8. The molecule has 0 amide bonds. The quantitative estimate of drug-likeness (QED) is 0.386. The van der Waals surface area contributed by atoms with Gasteiger partial charge >= 0.3 is 12.7 Å². The van der Waals surface area contributed by atoms with Crippen LogP contribution in [0.3, 0.4) is 0 Å². The van der Waals surface area contributed by atoms with Crippen LogP contribution in [0.5, 0.6) is 0 Å². The van der Waals surface area contributed by atoms with Gasteiger partial charge in [0.05, 0.1) is 12.9 Å². The zero-order chi connectivity index (χ0) is 19.2. The summed E-state index contributed by atoms with van der Waals surface area (Å²) >= 11 is 5.25. The van der Waals surface area contributed by atoms with E-state index in [1.807, 2.05) is 0 Å². The number of ether oxygens (including phenoxy) is 2. The number of aromatic nitrogens is 4. The number of carbonyl (C=O) groups excluding carboxylic acids is 1. The lowest BCUT2D eigenvalue weighted by Gasteiger charge is -2.33. The number of imidazole rings is 1. The maximum Gasteiger partial charge on any atom is 0.330 e. The van der Waals surface area contributed by atoms with E-state index in [9.17, 15) is 9.90 Å². The van der Waals surface area contributed by atoms with Crippen LogP contribution in [-0.2, 0) is 39.6 Å². The standard InChI is InChI=1S/C13H16N5O7PS/c1-6(19)21-5-23-26(27)22-2-7-10(25-26)9(20)13(24-7)18-4-17-8-11(14)15-3-16-12(8)18/h3-4,7,9-10,13,20H,2,5H2,1H3,(H2,14,15,16). The molecule has 4 rings (SSSR count). The predicted molar refractivity (Wildman–Crippen MR) is 92.5 cm³/mol. The molecule has 2 aliphatic rings. The largest absolute Gasteiger partial charge is 0.438 e. The number of rotatable bonds is 4. The van der Waals surface area contributed by atoms with E-state index in [-0.39, 0.29) is 12.4 Å². The summed E-state index contributed by atoms with van der Waals surface area (Å²) in [5.74, 6) is -0.304. The Morgan fingerprint density at radius 3 is 3.11 bits per heavy atom. The van der Waals surface area contributed by atoms with Gasteiger partial charge in [-0.15, -0.1) is 0 Å². The van der Waals surface area contributed by atoms with Crippen molar-refractivity contribution < 1.29 is 32.9 Å². The first-order valence-corrected chi connectivity index (χ1v) is 10.4. The Balaban J connectivity index is 1.52. The fourth-order valence-corrected chi connectivity index (χ4v) is 4.73. The van der Waals surface area contributed by atoms with Gasteiger partial charge < -0.3 is 24.8 Å². The molecule has 2 fully saturated rings. The third-order valence-electron chi connectivity index (χ3n) is 4.09. The average Bonchev–Trinajstić information content (AvgIpc) is 3.17. The minimum absolute atomic E-state index is 0.0549. The Labute approximate surface area is 157 Å². The zero-order valence-electron chi connectivity index (χ0n) is 14.0. The first kappa shape index (κ1) is 18.6. The van der Waals surface area contributed by atoms with Gasteiger partial charge in [-0.2, -0.15) is 0 Å². The van der Waals surface area contributed by atoms with Gasteiger partial charge in [-0.05, 0) is 11.8 Å². The van der Waals surface area contributed by atoms with Crippen molar-refractivity contribution >= 4 is 41.5 Å². The molecule has 5 atom stereocenters. The number of nitrogens with zero attached hydrogens (tertiary/aromatic N) is 4. The molecule has 27 heavy (non-hydrogen) atoms. The molecule has 0 bridgehead atoms. The molecule has 0 radical (unpaired) electrons. The summed E-state index contributed by atoms with van der Waals surface area (Å²) in [6, 6.07) is 0. The molecule has 2 aromatic rings. The lowest BCUT2D eigenvalue weighted by Crippen LogP contribution is -2.39. The molecule has 146 valence electrons. The maximum absolute atomic E-state index is 10.8. The smallest absolute Gasteiger partial charge is 0.330 e. The number of nitrogen functional groups attached to an aromatic ring is 1. The third kappa shape index (κ3) is 3.43. The molecular weight excluding hydrogens is 401 g/mol. The third-order valence-corrected chi connectivity index (χ3v) is 6.37. The van der Waals surface area contributed by atoms with E-state index in [2.05, 4.69) is 15.0 Å². The molecule has 2 aliphatic heterocycles. The number of carbonyl (C=O) groups is 1. The fourth-order valence-electron chi connectivity index (χ4n) is 2.86. The molecule has 12 nitrogen and oxygen atoms in total. The summed E-state index contributed by atoms with van der Waals surface area (Å²) in [6.45, 7) is -2.29. The van der Waals surface area contributed by atoms with Crippen LogP contribution in [0.2, 0.25) is 0 Å². The summed E-state index contributed by atoms with van der Waals surface area (Å²) in [7, 11) is 0. The van der Waals surface area contributed by atoms with Crippen LogP contribution in [-0.4, -0.2) is 62.3 Å². The molecule has 0 saturated carbocycles. The minimum Gasteiger partial charge on any atom is -0.438 e. The Bertz CT molecular complexity index is 926. The van der Waals surface area contributed by atoms with Gasteiger partial charge in [-0.3, -0.25) is 18.4 Å². The summed E-state index contributed by atoms with van der Waals surface area (Å²) in [6.07, 6.45) is -0.537. The van der Waals surface area contributed by atoms with E-state index < -0.39 is 44.0 Å². The monoisotopic (exact) mass is 417 g/mol. The van der Waals surface area contributed by atoms with E-state index >= 15 is 0 Å². The molecule has 5 unspecified atom stereocenters. The average molecular weight is 417 g/mol. The van der Waals surface area contributed by atoms with E-state index in [1.54, 1.807) is 4.57 Å². The number of nitrogens with two attached hydrogens (primary N) is 1. The summed E-state index contributed by atoms with van der Waals surface area (Å²) in [5, 5.41) is 10.7. The van der Waals surface area contributed by atoms with Crippen molar-refractivity contribution in [3.8, 4) is 0 Å². The topological polar surface area (TPSA) is 153 Å². The molecule has 14 heteroatoms. The number of esters is 1. The van der Waals surface area contributed by atoms with Crippen LogP contribution in [0, 0.1) is 0 Å². The summed E-state index contributed by atoms with van der Waals surface area (Å²) in [4.78, 5) is 23.0. The van der Waals surface area contributed by atoms with Crippen LogP contribution >= 0.6 is 6.72 Å². The minimum atomic E-state index is -3.19. The molecule has 4 heterocycles. The first-order valence-electron chi connectivity index (χ1n) is 7.85. The van der Waals surface area contributed by atoms with Crippen LogP contribution in [0.15, 0.2) is 12.7 Å². The molecule has 0 aromatic carbocycles. The van der Waals surface area contributed by atoms with Crippen molar-refractivity contribution in [1.29, 1.82) is 0 Å². The van der Waals surface area contributed by atoms with Crippen molar-refractivity contribution in [3.63, 3.8) is 0 Å². The number of aliphatic hydroxyl groups is 1. The normalized spacial score (nSPS) is 33.1. The van der Waals surface area contributed by atoms with Crippen LogP contribution < -0.4 is 5.73 Å². The molecule has 2 aromatic heterocycles. The second kappa shape index (κ2) is 7.02. The van der Waals surface area contributed by atoms with E-state index in [4.69, 9.17) is 40.6 Å². The van der Waals surface area contributed by atoms with Gasteiger partial charge in [0.1, 0.15) is 30.2 Å². The molecule has 2 saturated heterocycles. The number of hydrogen-bond acceptors (Lipinski definition) is 12. The number of fused-ring (bicyclic) bond motifs is 2. The Morgan fingerprint density at radius 2 is 2.33 bits per heavy atom. The van der Waals surface area contributed by atoms with Gasteiger partial charge in [0.2, 0.25) is 6.79 Å². The SMILES string of the molecule is CC(=O)OCOP1(=S)OCC2OC(n3cnc4c(N)ncnc43)C(O)C2O1. The van der Waals surface area contributed by atoms with Gasteiger partial charge in [0.25, 0.3) is 0 Å². The second-order valence-corrected chi connectivity index (χ2v) is 8.80. The summed E-state index contributed by atoms with van der Waals surface area (Å²) < 4.78 is 28.5. The van der Waals surface area contributed by atoms with Crippen molar-refractivity contribution in [3.05, 3.63) is 12.7 Å². The van der Waals surface area contributed by atoms with Gasteiger partial charge in [0.15, 0.2) is 17.7 Å². The van der Waals surface area contributed by atoms with E-state index in [1.165, 1.54) is 19.6 Å². The Kier molecular flexibility index (Phi) is 4.84. The number of aliphatic hydroxyl groups excluding tert-OH is 1. The second-order valence-electron chi connectivity index (χ2n) is 5.83. The molecular formula is C13H16N5O7PS. The van der Waals surface area contributed by atoms with Gasteiger partial charge in [0, 0.05) is 6.92 Å². The highest BCUT2D eigenvalue weighted by atomic mass is 32.5. The Morgan fingerprint density at radius 1 is 1.52 bits per heavy atom. The highest BCUT2D eigenvalue weighted by Crippen LogP contribution is 2.57. The van der Waals surface area contributed by atoms with Gasteiger partial charge in [-0.25, -0.2) is 15.0 Å². The summed E-state index contributed by atoms with van der Waals surface area (Å²) in [5.41, 5.74) is 6.60. The lowest BCUT2D eigenvalue weighted by molar-refractivity contribution is -0.149. The van der Waals surface area contributed by atoms with E-state index in [0.717, 1.165) is 0 Å². The molecule has 3 N–H and O–H groups in total. The number of anilines is 1. The number of hydrogen-bond donors (Lipinski definition) is 2. The highest BCUT2D eigenvalue weighted by molar-refractivity contribution is 8.07.